The van der Waals surface area contributed by atoms with Gasteiger partial charge in [0.2, 0.25) is 0 Å². The molecule has 0 spiro atoms. The highest BCUT2D eigenvalue weighted by atomic mass is 15.2. The lowest BCUT2D eigenvalue weighted by Crippen LogP contribution is -1.98. The van der Waals surface area contributed by atoms with Crippen LogP contribution in [-0.2, 0) is 0 Å². The first-order chi connectivity index (χ1) is 7.76. The van der Waals surface area contributed by atoms with Crippen LogP contribution in [0.1, 0.15) is 11.1 Å². The predicted octanol–water partition coefficient (Wildman–Crippen LogP) is 1.85. The van der Waals surface area contributed by atoms with Gasteiger partial charge in [-0.15, -0.1) is 0 Å². The number of aromatic nitrogens is 2. The van der Waals surface area contributed by atoms with Gasteiger partial charge in [-0.1, -0.05) is 6.07 Å². The Kier molecular flexibility index (Phi) is 2.72. The van der Waals surface area contributed by atoms with Crippen LogP contribution < -0.4 is 5.32 Å². The summed E-state index contributed by atoms with van der Waals surface area (Å²) in [4.78, 5) is 0. The summed E-state index contributed by atoms with van der Waals surface area (Å²) in [6, 6.07) is 4.02. The van der Waals surface area contributed by atoms with Crippen molar-refractivity contribution in [1.29, 1.82) is 5.41 Å². The Balaban J connectivity index is 2.54. The van der Waals surface area contributed by atoms with Crippen molar-refractivity contribution in [2.75, 3.05) is 7.05 Å². The topological polar surface area (TPSA) is 53.2 Å². The van der Waals surface area contributed by atoms with Crippen LogP contribution in [-0.4, -0.2) is 22.9 Å². The molecule has 0 atom stereocenters. The lowest BCUT2D eigenvalue weighted by molar-refractivity contribution is 0.958. The molecule has 0 saturated carbocycles. The first-order valence-electron chi connectivity index (χ1n) is 5.08. The van der Waals surface area contributed by atoms with Gasteiger partial charge in [0.15, 0.2) is 0 Å². The van der Waals surface area contributed by atoms with Crippen molar-refractivity contribution in [3.63, 3.8) is 0 Å². The number of fused-ring (bicyclic) bond motifs is 1. The van der Waals surface area contributed by atoms with E-state index < -0.39 is 0 Å². The van der Waals surface area contributed by atoms with E-state index in [0.29, 0.717) is 0 Å². The van der Waals surface area contributed by atoms with Crippen molar-refractivity contribution in [3.8, 4) is 0 Å². The van der Waals surface area contributed by atoms with Crippen molar-refractivity contribution in [3.05, 3.63) is 41.9 Å². The lowest BCUT2D eigenvalue weighted by atomic mass is 10.1. The van der Waals surface area contributed by atoms with Crippen molar-refractivity contribution in [1.82, 2.24) is 14.9 Å². The molecule has 4 heteroatoms. The summed E-state index contributed by atoms with van der Waals surface area (Å²) < 4.78 is 1.83. The molecule has 0 aromatic carbocycles. The Bertz CT molecular complexity index is 551. The number of pyridine rings is 1. The third-order valence-electron chi connectivity index (χ3n) is 2.50. The Morgan fingerprint density at radius 1 is 1.50 bits per heavy atom. The third kappa shape index (κ3) is 1.69. The molecule has 4 nitrogen and oxygen atoms in total. The fourth-order valence-electron chi connectivity index (χ4n) is 1.65. The molecule has 16 heavy (non-hydrogen) atoms. The molecule has 82 valence electrons. The van der Waals surface area contributed by atoms with Crippen molar-refractivity contribution in [2.45, 2.75) is 6.92 Å². The molecule has 0 aliphatic carbocycles. The standard InChI is InChI=1S/C12H14N4/c1-9-6-15-16-8-10(3-4-12(9)16)11(5-13)7-14-2/h3-8,13-14H,1-2H3/b11-7+,13-5?. The van der Waals surface area contributed by atoms with Gasteiger partial charge in [-0.25, -0.2) is 4.52 Å². The second-order valence-corrected chi connectivity index (χ2v) is 3.61. The molecule has 2 heterocycles. The van der Waals surface area contributed by atoms with Crippen molar-refractivity contribution < 1.29 is 0 Å². The van der Waals surface area contributed by atoms with E-state index in [4.69, 9.17) is 5.41 Å². The fraction of sp³-hybridized carbons (Fsp3) is 0.167. The number of hydrogen-bond acceptors (Lipinski definition) is 3. The van der Waals surface area contributed by atoms with Gasteiger partial charge in [0, 0.05) is 36.8 Å². The van der Waals surface area contributed by atoms with Gasteiger partial charge in [0.05, 0.1) is 11.7 Å². The number of allylic oxidation sites excluding steroid dienone is 1. The molecular weight excluding hydrogens is 200 g/mol. The molecule has 2 N–H and O–H groups in total. The highest BCUT2D eigenvalue weighted by Gasteiger charge is 2.02. The summed E-state index contributed by atoms with van der Waals surface area (Å²) >= 11 is 0. The summed E-state index contributed by atoms with van der Waals surface area (Å²) in [5, 5.41) is 14.5. The maximum Gasteiger partial charge on any atom is 0.0691 e. The van der Waals surface area contributed by atoms with Crippen LogP contribution in [0.3, 0.4) is 0 Å². The monoisotopic (exact) mass is 214 g/mol. The van der Waals surface area contributed by atoms with E-state index in [1.165, 1.54) is 6.21 Å². The van der Waals surface area contributed by atoms with Crippen molar-refractivity contribution >= 4 is 17.3 Å². The Morgan fingerprint density at radius 2 is 2.31 bits per heavy atom. The van der Waals surface area contributed by atoms with Crippen LogP contribution in [0.15, 0.2) is 30.7 Å². The number of aryl methyl sites for hydroxylation is 1. The molecule has 2 aromatic heterocycles. The minimum Gasteiger partial charge on any atom is -0.393 e. The summed E-state index contributed by atoms with van der Waals surface area (Å²) in [6.07, 6.45) is 6.89. The van der Waals surface area contributed by atoms with E-state index in [1.807, 2.05) is 43.0 Å². The Hall–Kier alpha value is -2.10. The Morgan fingerprint density at radius 3 is 3.00 bits per heavy atom. The summed E-state index contributed by atoms with van der Waals surface area (Å²) in [5.41, 5.74) is 4.05. The van der Waals surface area contributed by atoms with Crippen LogP contribution >= 0.6 is 0 Å². The predicted molar refractivity (Wildman–Crippen MR) is 65.7 cm³/mol. The van der Waals surface area contributed by atoms with Crippen LogP contribution in [0.25, 0.3) is 11.1 Å². The molecule has 0 aliphatic heterocycles. The molecule has 0 aliphatic rings. The smallest absolute Gasteiger partial charge is 0.0691 e. The quantitative estimate of drug-likeness (QED) is 0.766. The van der Waals surface area contributed by atoms with Gasteiger partial charge in [0.25, 0.3) is 0 Å². The Labute approximate surface area is 94.1 Å². The maximum atomic E-state index is 7.35. The second kappa shape index (κ2) is 4.18. The molecule has 2 rings (SSSR count). The number of rotatable bonds is 3. The van der Waals surface area contributed by atoms with Crippen LogP contribution in [0.2, 0.25) is 0 Å². The normalized spacial score (nSPS) is 11.8. The van der Waals surface area contributed by atoms with Gasteiger partial charge in [-0.2, -0.15) is 5.10 Å². The van der Waals surface area contributed by atoms with Crippen LogP contribution in [0, 0.1) is 12.3 Å². The van der Waals surface area contributed by atoms with Gasteiger partial charge in [0.1, 0.15) is 0 Å². The van der Waals surface area contributed by atoms with Crippen molar-refractivity contribution in [2.24, 2.45) is 0 Å². The highest BCUT2D eigenvalue weighted by molar-refractivity contribution is 6.08. The zero-order valence-electron chi connectivity index (χ0n) is 9.36. The zero-order chi connectivity index (χ0) is 11.5. The highest BCUT2D eigenvalue weighted by Crippen LogP contribution is 2.15. The minimum atomic E-state index is 0.831. The largest absolute Gasteiger partial charge is 0.393 e. The molecule has 0 amide bonds. The van der Waals surface area contributed by atoms with Gasteiger partial charge >= 0.3 is 0 Å². The molecule has 0 bridgehead atoms. The minimum absolute atomic E-state index is 0.831. The van der Waals surface area contributed by atoms with Gasteiger partial charge < -0.3 is 10.7 Å². The van der Waals surface area contributed by atoms with E-state index in [1.54, 1.807) is 6.20 Å². The third-order valence-corrected chi connectivity index (χ3v) is 2.50. The maximum absolute atomic E-state index is 7.35. The second-order valence-electron chi connectivity index (χ2n) is 3.61. The molecule has 0 radical (unpaired) electrons. The van der Waals surface area contributed by atoms with Crippen LogP contribution in [0.5, 0.6) is 0 Å². The molecule has 0 saturated heterocycles. The molecule has 2 aromatic rings. The number of nitrogens with zero attached hydrogens (tertiary/aromatic N) is 2. The average Bonchev–Trinajstić information content (AvgIpc) is 2.67. The number of nitrogens with one attached hydrogen (secondary N) is 2. The van der Waals surface area contributed by atoms with E-state index in [0.717, 1.165) is 22.2 Å². The van der Waals surface area contributed by atoms with E-state index in [2.05, 4.69) is 10.4 Å². The molecular formula is C12H14N4. The summed E-state index contributed by atoms with van der Waals surface area (Å²) in [5.74, 6) is 0. The summed E-state index contributed by atoms with van der Waals surface area (Å²) in [6.45, 7) is 2.03. The van der Waals surface area contributed by atoms with E-state index in [9.17, 15) is 0 Å². The van der Waals surface area contributed by atoms with Crippen LogP contribution in [0.4, 0.5) is 0 Å². The van der Waals surface area contributed by atoms with E-state index in [-0.39, 0.29) is 0 Å². The van der Waals surface area contributed by atoms with Gasteiger partial charge in [-0.05, 0) is 18.6 Å². The molecule has 0 unspecified atom stereocenters. The lowest BCUT2D eigenvalue weighted by Gasteiger charge is -2.03. The first kappa shape index (κ1) is 10.4. The molecule has 0 fully saturated rings. The zero-order valence-corrected chi connectivity index (χ0v) is 9.36. The van der Waals surface area contributed by atoms with Gasteiger partial charge in [-0.3, -0.25) is 0 Å². The SMILES string of the molecule is CN/C=C(\C=N)c1ccc2c(C)cnn2c1. The first-order valence-corrected chi connectivity index (χ1v) is 5.08. The fourth-order valence-corrected chi connectivity index (χ4v) is 1.65. The number of hydrogen-bond donors (Lipinski definition) is 2. The van der Waals surface area contributed by atoms with E-state index >= 15 is 0 Å². The average molecular weight is 214 g/mol. The summed E-state index contributed by atoms with van der Waals surface area (Å²) in [7, 11) is 1.82.